The van der Waals surface area contributed by atoms with Crippen LogP contribution < -0.4 is 0 Å². The van der Waals surface area contributed by atoms with Crippen LogP contribution in [0.2, 0.25) is 0 Å². The highest BCUT2D eigenvalue weighted by Crippen LogP contribution is 2.45. The lowest BCUT2D eigenvalue weighted by Crippen LogP contribution is -2.56. The average molecular weight is 355 g/mol. The number of likely N-dealkylation sites (tertiary alicyclic amines) is 1. The summed E-state index contributed by atoms with van der Waals surface area (Å²) in [5.41, 5.74) is 1.82. The van der Waals surface area contributed by atoms with Gasteiger partial charge in [0.15, 0.2) is 5.72 Å². The lowest BCUT2D eigenvalue weighted by Gasteiger charge is -2.42. The Hall–Kier alpha value is -1.76. The van der Waals surface area contributed by atoms with E-state index in [2.05, 4.69) is 22.4 Å². The van der Waals surface area contributed by atoms with E-state index >= 15 is 0 Å². The van der Waals surface area contributed by atoms with E-state index in [-0.39, 0.29) is 17.7 Å². The number of carbonyl (C=O) groups is 1. The second kappa shape index (κ2) is 5.90. The number of benzene rings is 1. The van der Waals surface area contributed by atoms with E-state index in [4.69, 9.17) is 9.72 Å². The van der Waals surface area contributed by atoms with Gasteiger partial charge in [0.25, 0.3) is 0 Å². The molecule has 0 saturated carbocycles. The third-order valence-corrected chi connectivity index (χ3v) is 6.52. The molecule has 0 unspecified atom stereocenters. The van der Waals surface area contributed by atoms with E-state index in [1.54, 1.807) is 11.3 Å². The highest BCUT2D eigenvalue weighted by molar-refractivity contribution is 7.09. The molecular weight excluding hydrogens is 334 g/mol. The third kappa shape index (κ3) is 2.43. The molecule has 25 heavy (non-hydrogen) atoms. The van der Waals surface area contributed by atoms with Crippen molar-refractivity contribution in [1.29, 1.82) is 0 Å². The Bertz CT molecular complexity index is 793. The predicted octanol–water partition coefficient (Wildman–Crippen LogP) is 2.73. The zero-order valence-corrected chi connectivity index (χ0v) is 14.9. The van der Waals surface area contributed by atoms with E-state index in [1.165, 1.54) is 0 Å². The fourth-order valence-electron chi connectivity index (χ4n) is 4.52. The topological polar surface area (TPSA) is 45.7 Å². The van der Waals surface area contributed by atoms with Crippen molar-refractivity contribution in [3.8, 4) is 11.3 Å². The molecule has 2 aromatic rings. The molecule has 1 amide bonds. The fourth-order valence-corrected chi connectivity index (χ4v) is 5.35. The molecule has 3 fully saturated rings. The standard InChI is InChI=1S/C19H21N3O2S/c23-18-11-16-19(22(18)8-4-10-24-19)7-9-21(16)12-17-20-15(13-25-17)14-5-2-1-3-6-14/h1-3,5-6,13,16H,4,7-12H2/t16-,19+/m1/s1. The molecule has 1 aromatic heterocycles. The number of amides is 1. The lowest BCUT2D eigenvalue weighted by molar-refractivity contribution is -0.180. The molecule has 5 nitrogen and oxygen atoms in total. The van der Waals surface area contributed by atoms with Crippen molar-refractivity contribution < 1.29 is 9.53 Å². The summed E-state index contributed by atoms with van der Waals surface area (Å²) in [6.45, 7) is 3.38. The summed E-state index contributed by atoms with van der Waals surface area (Å²) in [4.78, 5) is 21.6. The highest BCUT2D eigenvalue weighted by Gasteiger charge is 2.60. The van der Waals surface area contributed by atoms with Crippen LogP contribution >= 0.6 is 11.3 Å². The van der Waals surface area contributed by atoms with Gasteiger partial charge in [-0.25, -0.2) is 4.98 Å². The first-order valence-corrected chi connectivity index (χ1v) is 9.82. The van der Waals surface area contributed by atoms with Gasteiger partial charge in [-0.1, -0.05) is 30.3 Å². The Morgan fingerprint density at radius 1 is 1.28 bits per heavy atom. The molecule has 0 radical (unpaired) electrons. The first-order chi connectivity index (χ1) is 12.3. The Kier molecular flexibility index (Phi) is 3.66. The number of rotatable bonds is 3. The fraction of sp³-hybridized carbons (Fsp3) is 0.474. The van der Waals surface area contributed by atoms with Crippen molar-refractivity contribution in [1.82, 2.24) is 14.8 Å². The van der Waals surface area contributed by atoms with Gasteiger partial charge in [-0.2, -0.15) is 0 Å². The van der Waals surface area contributed by atoms with Gasteiger partial charge in [0.1, 0.15) is 5.01 Å². The molecule has 3 aliphatic rings. The molecular formula is C19H21N3O2S. The van der Waals surface area contributed by atoms with Gasteiger partial charge in [-0.05, 0) is 6.42 Å². The van der Waals surface area contributed by atoms with Gasteiger partial charge < -0.3 is 9.64 Å². The van der Waals surface area contributed by atoms with Crippen LogP contribution in [0.5, 0.6) is 0 Å². The number of hydrogen-bond donors (Lipinski definition) is 0. The summed E-state index contributed by atoms with van der Waals surface area (Å²) in [6.07, 6.45) is 2.45. The first-order valence-electron chi connectivity index (χ1n) is 8.95. The molecule has 4 heterocycles. The van der Waals surface area contributed by atoms with Crippen molar-refractivity contribution >= 4 is 17.2 Å². The molecule has 0 N–H and O–H groups in total. The number of nitrogens with zero attached hydrogens (tertiary/aromatic N) is 3. The average Bonchev–Trinajstić information content (AvgIpc) is 3.31. The molecule has 3 saturated heterocycles. The minimum Gasteiger partial charge on any atom is -0.354 e. The van der Waals surface area contributed by atoms with Crippen LogP contribution in [-0.4, -0.2) is 52.2 Å². The zero-order chi connectivity index (χ0) is 16.9. The molecule has 3 aliphatic heterocycles. The minimum absolute atomic E-state index is 0.171. The van der Waals surface area contributed by atoms with Crippen molar-refractivity contribution in [3.05, 3.63) is 40.7 Å². The Labute approximate surface area is 151 Å². The SMILES string of the molecule is O=C1C[C@H]2N(Cc3nc(-c4ccccc4)cs3)CC[C@]23OCCCN13. The van der Waals surface area contributed by atoms with E-state index in [0.29, 0.717) is 6.42 Å². The maximum Gasteiger partial charge on any atom is 0.226 e. The number of hydrogen-bond acceptors (Lipinski definition) is 5. The molecule has 0 aliphatic carbocycles. The van der Waals surface area contributed by atoms with Crippen molar-refractivity contribution in [2.24, 2.45) is 0 Å². The van der Waals surface area contributed by atoms with Crippen molar-refractivity contribution in [2.75, 3.05) is 19.7 Å². The predicted molar refractivity (Wildman–Crippen MR) is 96.0 cm³/mol. The molecule has 1 spiro atoms. The molecule has 6 heteroatoms. The summed E-state index contributed by atoms with van der Waals surface area (Å²) in [6, 6.07) is 10.5. The molecule has 5 rings (SSSR count). The highest BCUT2D eigenvalue weighted by atomic mass is 32.1. The lowest BCUT2D eigenvalue weighted by atomic mass is 10.0. The largest absolute Gasteiger partial charge is 0.354 e. The molecule has 1 aromatic carbocycles. The number of aromatic nitrogens is 1. The summed E-state index contributed by atoms with van der Waals surface area (Å²) in [5, 5.41) is 3.23. The van der Waals surface area contributed by atoms with Crippen molar-refractivity contribution in [2.45, 2.75) is 37.6 Å². The second-order valence-electron chi connectivity index (χ2n) is 7.03. The third-order valence-electron chi connectivity index (χ3n) is 5.68. The van der Waals surface area contributed by atoms with Crippen LogP contribution in [-0.2, 0) is 16.1 Å². The van der Waals surface area contributed by atoms with Gasteiger partial charge >= 0.3 is 0 Å². The zero-order valence-electron chi connectivity index (χ0n) is 14.1. The Morgan fingerprint density at radius 3 is 3.04 bits per heavy atom. The monoisotopic (exact) mass is 355 g/mol. The second-order valence-corrected chi connectivity index (χ2v) is 7.97. The van der Waals surface area contributed by atoms with Crippen LogP contribution in [0, 0.1) is 0 Å². The van der Waals surface area contributed by atoms with Crippen LogP contribution in [0.25, 0.3) is 11.3 Å². The van der Waals surface area contributed by atoms with Crippen LogP contribution in [0.15, 0.2) is 35.7 Å². The van der Waals surface area contributed by atoms with Gasteiger partial charge in [0.2, 0.25) is 5.91 Å². The summed E-state index contributed by atoms with van der Waals surface area (Å²) in [7, 11) is 0. The van der Waals surface area contributed by atoms with Gasteiger partial charge in [0, 0.05) is 36.9 Å². The number of carbonyl (C=O) groups excluding carboxylic acids is 1. The Balaban J connectivity index is 1.36. The summed E-state index contributed by atoms with van der Waals surface area (Å²) < 4.78 is 6.17. The summed E-state index contributed by atoms with van der Waals surface area (Å²) >= 11 is 1.70. The van der Waals surface area contributed by atoms with Crippen molar-refractivity contribution in [3.63, 3.8) is 0 Å². The van der Waals surface area contributed by atoms with Gasteiger partial charge in [0.05, 0.1) is 24.9 Å². The molecule has 2 atom stereocenters. The van der Waals surface area contributed by atoms with Gasteiger partial charge in [-0.15, -0.1) is 11.3 Å². The first kappa shape index (κ1) is 15.5. The maximum absolute atomic E-state index is 12.4. The molecule has 130 valence electrons. The number of thiazole rings is 1. The van der Waals surface area contributed by atoms with E-state index in [0.717, 1.165) is 55.3 Å². The normalized spacial score (nSPS) is 29.0. The smallest absolute Gasteiger partial charge is 0.226 e. The van der Waals surface area contributed by atoms with E-state index in [9.17, 15) is 4.79 Å². The van der Waals surface area contributed by atoms with Crippen LogP contribution in [0.3, 0.4) is 0 Å². The van der Waals surface area contributed by atoms with E-state index < -0.39 is 0 Å². The maximum atomic E-state index is 12.4. The minimum atomic E-state index is -0.366. The number of ether oxygens (including phenoxy) is 1. The van der Waals surface area contributed by atoms with Crippen LogP contribution in [0.4, 0.5) is 0 Å². The summed E-state index contributed by atoms with van der Waals surface area (Å²) in [5.74, 6) is 0.249. The molecule has 0 bridgehead atoms. The van der Waals surface area contributed by atoms with Gasteiger partial charge in [-0.3, -0.25) is 9.69 Å². The quantitative estimate of drug-likeness (QED) is 0.849. The van der Waals surface area contributed by atoms with Crippen LogP contribution in [0.1, 0.15) is 24.3 Å². The Morgan fingerprint density at radius 2 is 2.16 bits per heavy atom. The van der Waals surface area contributed by atoms with E-state index in [1.807, 2.05) is 23.1 Å².